The van der Waals surface area contributed by atoms with Crippen LogP contribution in [0.3, 0.4) is 0 Å². The van der Waals surface area contributed by atoms with Crippen molar-refractivity contribution < 1.29 is 9.90 Å². The summed E-state index contributed by atoms with van der Waals surface area (Å²) in [7, 11) is 0. The van der Waals surface area contributed by atoms with E-state index < -0.39 is 0 Å². The van der Waals surface area contributed by atoms with Crippen molar-refractivity contribution in [2.24, 2.45) is 0 Å². The summed E-state index contributed by atoms with van der Waals surface area (Å²) in [6.07, 6.45) is 7.99. The van der Waals surface area contributed by atoms with Crippen LogP contribution in [0.15, 0.2) is 0 Å². The van der Waals surface area contributed by atoms with Gasteiger partial charge in [0, 0.05) is 11.6 Å². The maximum absolute atomic E-state index is 11.6. The summed E-state index contributed by atoms with van der Waals surface area (Å²) >= 11 is 0. The monoisotopic (exact) mass is 226 g/mol. The zero-order chi connectivity index (χ0) is 11.4. The number of carbonyl (C=O) groups excluding carboxylic acids is 1. The van der Waals surface area contributed by atoms with E-state index in [1.807, 2.05) is 0 Å². The highest BCUT2D eigenvalue weighted by Gasteiger charge is 2.41. The highest BCUT2D eigenvalue weighted by Crippen LogP contribution is 2.34. The summed E-state index contributed by atoms with van der Waals surface area (Å²) in [5.41, 5.74) is -0.135. The predicted molar refractivity (Wildman–Crippen MR) is 62.1 cm³/mol. The van der Waals surface area contributed by atoms with Gasteiger partial charge < -0.3 is 15.7 Å². The van der Waals surface area contributed by atoms with Gasteiger partial charge in [0.15, 0.2) is 0 Å². The molecular weight excluding hydrogens is 204 g/mol. The molecule has 0 heterocycles. The summed E-state index contributed by atoms with van der Waals surface area (Å²) in [5.74, 6) is 0.0756. The lowest BCUT2D eigenvalue weighted by Gasteiger charge is -2.23. The van der Waals surface area contributed by atoms with E-state index in [0.717, 1.165) is 25.7 Å². The second-order valence-electron chi connectivity index (χ2n) is 5.19. The topological polar surface area (TPSA) is 61.4 Å². The highest BCUT2D eigenvalue weighted by molar-refractivity contribution is 5.78. The smallest absolute Gasteiger partial charge is 0.234 e. The number of rotatable bonds is 5. The van der Waals surface area contributed by atoms with Crippen molar-refractivity contribution in [3.05, 3.63) is 0 Å². The number of amides is 1. The third kappa shape index (κ3) is 3.19. The molecule has 1 amide bonds. The standard InChI is InChI=1S/C12H22N2O2/c15-9-12(6-7-12)13-8-11(16)14-10-4-2-1-3-5-10/h10,13,15H,1-9H2,(H,14,16). The van der Waals surface area contributed by atoms with Crippen LogP contribution in [0.4, 0.5) is 0 Å². The van der Waals surface area contributed by atoms with Crippen molar-refractivity contribution in [3.63, 3.8) is 0 Å². The van der Waals surface area contributed by atoms with E-state index in [2.05, 4.69) is 10.6 Å². The lowest BCUT2D eigenvalue weighted by atomic mass is 9.95. The lowest BCUT2D eigenvalue weighted by molar-refractivity contribution is -0.121. The summed E-state index contributed by atoms with van der Waals surface area (Å²) in [6, 6.07) is 0.382. The molecule has 0 spiro atoms. The minimum absolute atomic E-state index is 0.0756. The number of aliphatic hydroxyl groups is 1. The zero-order valence-electron chi connectivity index (χ0n) is 9.80. The first-order valence-corrected chi connectivity index (χ1v) is 6.39. The van der Waals surface area contributed by atoms with Crippen LogP contribution < -0.4 is 10.6 Å². The van der Waals surface area contributed by atoms with Gasteiger partial charge in [0.05, 0.1) is 13.2 Å². The Morgan fingerprint density at radius 1 is 1.25 bits per heavy atom. The zero-order valence-corrected chi connectivity index (χ0v) is 9.80. The fraction of sp³-hybridized carbons (Fsp3) is 0.917. The van der Waals surface area contributed by atoms with E-state index >= 15 is 0 Å². The molecule has 4 nitrogen and oxygen atoms in total. The molecule has 0 aliphatic heterocycles. The molecule has 0 aromatic heterocycles. The van der Waals surface area contributed by atoms with Crippen molar-refractivity contribution in [3.8, 4) is 0 Å². The molecule has 3 N–H and O–H groups in total. The maximum Gasteiger partial charge on any atom is 0.234 e. The maximum atomic E-state index is 11.6. The second-order valence-corrected chi connectivity index (χ2v) is 5.19. The Labute approximate surface area is 96.8 Å². The molecule has 0 aromatic rings. The molecule has 4 heteroatoms. The average molecular weight is 226 g/mol. The van der Waals surface area contributed by atoms with Crippen LogP contribution in [-0.4, -0.2) is 35.7 Å². The van der Waals surface area contributed by atoms with Crippen LogP contribution >= 0.6 is 0 Å². The van der Waals surface area contributed by atoms with Gasteiger partial charge in [-0.2, -0.15) is 0 Å². The Balaban J connectivity index is 1.64. The van der Waals surface area contributed by atoms with Gasteiger partial charge in [-0.05, 0) is 25.7 Å². The largest absolute Gasteiger partial charge is 0.394 e. The van der Waals surface area contributed by atoms with Gasteiger partial charge in [-0.3, -0.25) is 4.79 Å². The molecule has 2 aliphatic rings. The van der Waals surface area contributed by atoms with Gasteiger partial charge >= 0.3 is 0 Å². The molecule has 0 bridgehead atoms. The van der Waals surface area contributed by atoms with Crippen molar-refractivity contribution in [1.29, 1.82) is 0 Å². The summed E-state index contributed by atoms with van der Waals surface area (Å²) < 4.78 is 0. The highest BCUT2D eigenvalue weighted by atomic mass is 16.3. The molecule has 2 saturated carbocycles. The minimum atomic E-state index is -0.135. The first-order chi connectivity index (χ1) is 7.74. The van der Waals surface area contributed by atoms with Gasteiger partial charge in [-0.15, -0.1) is 0 Å². The van der Waals surface area contributed by atoms with Gasteiger partial charge in [0.25, 0.3) is 0 Å². The van der Waals surface area contributed by atoms with Crippen LogP contribution in [0.2, 0.25) is 0 Å². The van der Waals surface area contributed by atoms with Crippen LogP contribution in [0.1, 0.15) is 44.9 Å². The van der Waals surface area contributed by atoms with E-state index in [-0.39, 0.29) is 18.1 Å². The molecule has 92 valence electrons. The molecule has 2 aliphatic carbocycles. The molecule has 0 aromatic carbocycles. The average Bonchev–Trinajstić information content (AvgIpc) is 3.09. The van der Waals surface area contributed by atoms with Crippen molar-refractivity contribution >= 4 is 5.91 Å². The normalized spacial score (nSPS) is 24.1. The molecule has 0 saturated heterocycles. The molecular formula is C12H22N2O2. The quantitative estimate of drug-likeness (QED) is 0.641. The van der Waals surface area contributed by atoms with Crippen LogP contribution in [0.5, 0.6) is 0 Å². The Morgan fingerprint density at radius 3 is 2.50 bits per heavy atom. The summed E-state index contributed by atoms with van der Waals surface area (Å²) in [4.78, 5) is 11.6. The summed E-state index contributed by atoms with van der Waals surface area (Å²) in [5, 5.41) is 15.3. The molecule has 0 atom stereocenters. The second kappa shape index (κ2) is 5.15. The Hall–Kier alpha value is -0.610. The fourth-order valence-corrected chi connectivity index (χ4v) is 2.34. The predicted octanol–water partition coefficient (Wildman–Crippen LogP) is 0.550. The molecule has 16 heavy (non-hydrogen) atoms. The van der Waals surface area contributed by atoms with Gasteiger partial charge in [0.2, 0.25) is 5.91 Å². The third-order valence-corrected chi connectivity index (χ3v) is 3.75. The molecule has 0 radical (unpaired) electrons. The minimum Gasteiger partial charge on any atom is -0.394 e. The lowest BCUT2D eigenvalue weighted by Crippen LogP contribution is -2.45. The van der Waals surface area contributed by atoms with E-state index in [1.54, 1.807) is 0 Å². The van der Waals surface area contributed by atoms with Gasteiger partial charge in [-0.1, -0.05) is 19.3 Å². The van der Waals surface area contributed by atoms with Crippen molar-refractivity contribution in [1.82, 2.24) is 10.6 Å². The first kappa shape index (κ1) is 11.9. The van der Waals surface area contributed by atoms with Crippen molar-refractivity contribution in [2.75, 3.05) is 13.2 Å². The van der Waals surface area contributed by atoms with E-state index in [0.29, 0.717) is 12.6 Å². The van der Waals surface area contributed by atoms with Crippen LogP contribution in [0, 0.1) is 0 Å². The molecule has 0 unspecified atom stereocenters. The van der Waals surface area contributed by atoms with E-state index in [4.69, 9.17) is 5.11 Å². The van der Waals surface area contributed by atoms with Crippen molar-refractivity contribution in [2.45, 2.75) is 56.5 Å². The SMILES string of the molecule is O=C(CNC1(CO)CC1)NC1CCCCC1. The number of hydrogen-bond donors (Lipinski definition) is 3. The first-order valence-electron chi connectivity index (χ1n) is 6.39. The van der Waals surface area contributed by atoms with Gasteiger partial charge in [0.1, 0.15) is 0 Å². The Kier molecular flexibility index (Phi) is 3.82. The molecule has 2 rings (SSSR count). The van der Waals surface area contributed by atoms with Gasteiger partial charge in [-0.25, -0.2) is 0 Å². The van der Waals surface area contributed by atoms with E-state index in [1.165, 1.54) is 19.3 Å². The Morgan fingerprint density at radius 2 is 1.94 bits per heavy atom. The van der Waals surface area contributed by atoms with Crippen LogP contribution in [-0.2, 0) is 4.79 Å². The summed E-state index contributed by atoms with van der Waals surface area (Å²) in [6.45, 7) is 0.487. The fourth-order valence-electron chi connectivity index (χ4n) is 2.34. The number of carbonyl (C=O) groups is 1. The number of nitrogens with one attached hydrogen (secondary N) is 2. The Bertz CT molecular complexity index is 245. The van der Waals surface area contributed by atoms with E-state index in [9.17, 15) is 4.79 Å². The third-order valence-electron chi connectivity index (χ3n) is 3.75. The van der Waals surface area contributed by atoms with Crippen LogP contribution in [0.25, 0.3) is 0 Å². The number of hydrogen-bond acceptors (Lipinski definition) is 3. The molecule has 2 fully saturated rings. The number of aliphatic hydroxyl groups excluding tert-OH is 1.